The molecule has 0 saturated carbocycles. The Kier molecular flexibility index (Phi) is 0.917. The number of ketones is 1. The van der Waals surface area contributed by atoms with Crippen molar-refractivity contribution in [1.82, 2.24) is 4.98 Å². The standard InChI is InChI=1S/C7H4N2O/c10-7-4-9-6-1-2-8-3-5(6)7/h1-4H. The lowest BCUT2D eigenvalue weighted by Crippen LogP contribution is -1.93. The second-order valence-corrected chi connectivity index (χ2v) is 2.02. The molecule has 0 atom stereocenters. The number of rotatable bonds is 0. The van der Waals surface area contributed by atoms with Crippen LogP contribution in [0, 0.1) is 0 Å². The quantitative estimate of drug-likeness (QED) is 0.528. The molecule has 0 N–H and O–H groups in total. The maximum absolute atomic E-state index is 10.9. The normalized spacial score (nSPS) is 13.8. The van der Waals surface area contributed by atoms with Crippen LogP contribution in [-0.2, 0) is 0 Å². The number of aromatic nitrogens is 1. The first-order valence-corrected chi connectivity index (χ1v) is 2.90. The van der Waals surface area contributed by atoms with E-state index in [0.29, 0.717) is 5.56 Å². The Labute approximate surface area is 57.4 Å². The minimum Gasteiger partial charge on any atom is -0.287 e. The molecule has 3 nitrogen and oxygen atoms in total. The Morgan fingerprint density at radius 1 is 1.40 bits per heavy atom. The van der Waals surface area contributed by atoms with Crippen LogP contribution in [0.5, 0.6) is 0 Å². The van der Waals surface area contributed by atoms with E-state index in [0.717, 1.165) is 5.69 Å². The van der Waals surface area contributed by atoms with Gasteiger partial charge in [-0.25, -0.2) is 0 Å². The predicted octanol–water partition coefficient (Wildman–Crippen LogP) is 0.980. The largest absolute Gasteiger partial charge is 0.287 e. The molecule has 0 amide bonds. The molecular formula is C7H4N2O. The number of aliphatic imine (C=N–C) groups is 1. The highest BCUT2D eigenvalue weighted by Gasteiger charge is 2.13. The van der Waals surface area contributed by atoms with Gasteiger partial charge in [0.25, 0.3) is 0 Å². The van der Waals surface area contributed by atoms with Crippen LogP contribution >= 0.6 is 0 Å². The summed E-state index contributed by atoms with van der Waals surface area (Å²) in [6, 6.07) is 1.72. The molecule has 0 aromatic carbocycles. The lowest BCUT2D eigenvalue weighted by atomic mass is 10.2. The fourth-order valence-electron chi connectivity index (χ4n) is 0.887. The van der Waals surface area contributed by atoms with Gasteiger partial charge in [-0.15, -0.1) is 0 Å². The van der Waals surface area contributed by atoms with Gasteiger partial charge in [-0.05, 0) is 6.07 Å². The summed E-state index contributed by atoms with van der Waals surface area (Å²) in [7, 11) is 0. The van der Waals surface area contributed by atoms with Gasteiger partial charge in [-0.2, -0.15) is 0 Å². The molecule has 3 heteroatoms. The van der Waals surface area contributed by atoms with Crippen LogP contribution in [-0.4, -0.2) is 17.0 Å². The van der Waals surface area contributed by atoms with Gasteiger partial charge < -0.3 is 0 Å². The average molecular weight is 132 g/mol. The first kappa shape index (κ1) is 5.29. The minimum atomic E-state index is -0.0527. The third-order valence-corrected chi connectivity index (χ3v) is 1.38. The summed E-state index contributed by atoms with van der Waals surface area (Å²) in [4.78, 5) is 18.5. The Hall–Kier alpha value is -1.51. The molecule has 0 unspecified atom stereocenters. The molecule has 1 aromatic heterocycles. The van der Waals surface area contributed by atoms with Gasteiger partial charge in [0.1, 0.15) is 0 Å². The van der Waals surface area contributed by atoms with Crippen molar-refractivity contribution in [3.8, 4) is 0 Å². The van der Waals surface area contributed by atoms with Crippen LogP contribution in [0.15, 0.2) is 23.5 Å². The Morgan fingerprint density at radius 2 is 2.30 bits per heavy atom. The number of nitrogens with zero attached hydrogens (tertiary/aromatic N) is 2. The molecule has 0 fully saturated rings. The van der Waals surface area contributed by atoms with Gasteiger partial charge in [-0.3, -0.25) is 14.8 Å². The first-order chi connectivity index (χ1) is 4.88. The highest BCUT2D eigenvalue weighted by atomic mass is 16.1. The predicted molar refractivity (Wildman–Crippen MR) is 36.7 cm³/mol. The van der Waals surface area contributed by atoms with Gasteiger partial charge in [0.05, 0.1) is 17.5 Å². The molecule has 0 saturated heterocycles. The summed E-state index contributed by atoms with van der Waals surface area (Å²) in [5, 5.41) is 0. The molecule has 1 aliphatic heterocycles. The van der Waals surface area contributed by atoms with Gasteiger partial charge in [0.2, 0.25) is 5.78 Å². The lowest BCUT2D eigenvalue weighted by Gasteiger charge is -1.89. The number of carbonyl (C=O) groups is 1. The smallest absolute Gasteiger partial charge is 0.207 e. The van der Waals surface area contributed by atoms with Crippen LogP contribution in [0.3, 0.4) is 0 Å². The molecule has 1 aliphatic rings. The molecule has 2 rings (SSSR count). The van der Waals surface area contributed by atoms with Gasteiger partial charge >= 0.3 is 0 Å². The number of hydrogen-bond acceptors (Lipinski definition) is 3. The van der Waals surface area contributed by atoms with Gasteiger partial charge in [-0.1, -0.05) is 0 Å². The minimum absolute atomic E-state index is 0.0527. The van der Waals surface area contributed by atoms with E-state index in [-0.39, 0.29) is 5.78 Å². The monoisotopic (exact) mass is 132 g/mol. The summed E-state index contributed by atoms with van der Waals surface area (Å²) in [6.07, 6.45) is 4.46. The fourth-order valence-corrected chi connectivity index (χ4v) is 0.887. The highest BCUT2D eigenvalue weighted by molar-refractivity contribution is 6.39. The van der Waals surface area contributed by atoms with Crippen LogP contribution in [0.4, 0.5) is 5.69 Å². The molecule has 0 spiro atoms. The Bertz CT molecular complexity index is 317. The van der Waals surface area contributed by atoms with E-state index in [9.17, 15) is 4.79 Å². The topological polar surface area (TPSA) is 42.3 Å². The van der Waals surface area contributed by atoms with Gasteiger partial charge in [0.15, 0.2) is 0 Å². The first-order valence-electron chi connectivity index (χ1n) is 2.90. The van der Waals surface area contributed by atoms with Crippen molar-refractivity contribution in [1.29, 1.82) is 0 Å². The van der Waals surface area contributed by atoms with Crippen LogP contribution in [0.25, 0.3) is 0 Å². The summed E-state index contributed by atoms with van der Waals surface area (Å²) >= 11 is 0. The summed E-state index contributed by atoms with van der Waals surface area (Å²) in [5.74, 6) is -0.0527. The Balaban J connectivity index is 2.70. The van der Waals surface area contributed by atoms with Crippen molar-refractivity contribution in [2.24, 2.45) is 4.99 Å². The molecular weight excluding hydrogens is 128 g/mol. The van der Waals surface area contributed by atoms with Crippen LogP contribution < -0.4 is 0 Å². The molecule has 0 aliphatic carbocycles. The third-order valence-electron chi connectivity index (χ3n) is 1.38. The van der Waals surface area contributed by atoms with Crippen LogP contribution in [0.2, 0.25) is 0 Å². The third kappa shape index (κ3) is 0.572. The van der Waals surface area contributed by atoms with E-state index in [1.54, 1.807) is 12.3 Å². The van der Waals surface area contributed by atoms with Crippen molar-refractivity contribution < 1.29 is 4.79 Å². The maximum Gasteiger partial charge on any atom is 0.207 e. The molecule has 0 bridgehead atoms. The van der Waals surface area contributed by atoms with Crippen LogP contribution in [0.1, 0.15) is 10.4 Å². The molecule has 0 radical (unpaired) electrons. The van der Waals surface area contributed by atoms with E-state index in [1.165, 1.54) is 12.4 Å². The molecule has 1 aromatic rings. The summed E-state index contributed by atoms with van der Waals surface area (Å²) < 4.78 is 0. The van der Waals surface area contributed by atoms with Crippen molar-refractivity contribution >= 4 is 17.7 Å². The second kappa shape index (κ2) is 1.73. The zero-order chi connectivity index (χ0) is 6.97. The number of fused-ring (bicyclic) bond motifs is 1. The van der Waals surface area contributed by atoms with E-state index in [1.807, 2.05) is 0 Å². The maximum atomic E-state index is 10.9. The van der Waals surface area contributed by atoms with E-state index >= 15 is 0 Å². The summed E-state index contributed by atoms with van der Waals surface area (Å²) in [5.41, 5.74) is 1.32. The molecule has 10 heavy (non-hydrogen) atoms. The number of pyridine rings is 1. The number of hydrogen-bond donors (Lipinski definition) is 0. The molecule has 48 valence electrons. The SMILES string of the molecule is O=C1C=Nc2ccncc21. The second-order valence-electron chi connectivity index (χ2n) is 2.02. The number of Topliss-reactive ketones (excluding diaryl/α,β-unsaturated/α-hetero) is 1. The van der Waals surface area contributed by atoms with Crippen molar-refractivity contribution in [2.75, 3.05) is 0 Å². The van der Waals surface area contributed by atoms with Crippen molar-refractivity contribution in [2.45, 2.75) is 0 Å². The zero-order valence-corrected chi connectivity index (χ0v) is 5.11. The van der Waals surface area contributed by atoms with E-state index in [4.69, 9.17) is 0 Å². The average Bonchev–Trinajstić information content (AvgIpc) is 2.34. The number of carbonyl (C=O) groups excluding carboxylic acids is 1. The van der Waals surface area contributed by atoms with Gasteiger partial charge in [0, 0.05) is 12.4 Å². The van der Waals surface area contributed by atoms with Crippen molar-refractivity contribution in [3.63, 3.8) is 0 Å². The Morgan fingerprint density at radius 3 is 3.10 bits per heavy atom. The van der Waals surface area contributed by atoms with Crippen molar-refractivity contribution in [3.05, 3.63) is 24.0 Å². The highest BCUT2D eigenvalue weighted by Crippen LogP contribution is 2.21. The van der Waals surface area contributed by atoms with E-state index in [2.05, 4.69) is 9.98 Å². The molecule has 2 heterocycles. The lowest BCUT2D eigenvalue weighted by molar-refractivity contribution is 0.107. The fraction of sp³-hybridized carbons (Fsp3) is 0. The zero-order valence-electron chi connectivity index (χ0n) is 5.11. The summed E-state index contributed by atoms with van der Waals surface area (Å²) in [6.45, 7) is 0. The van der Waals surface area contributed by atoms with E-state index < -0.39 is 0 Å².